The summed E-state index contributed by atoms with van der Waals surface area (Å²) in [6, 6.07) is 3.02. The number of hydrogen-bond acceptors (Lipinski definition) is 3. The second-order valence-corrected chi connectivity index (χ2v) is 4.98. The molecule has 0 aromatic carbocycles. The molecule has 0 aliphatic carbocycles. The second-order valence-electron chi connectivity index (χ2n) is 4.98. The predicted molar refractivity (Wildman–Crippen MR) is 71.9 cm³/mol. The van der Waals surface area contributed by atoms with Crippen molar-refractivity contribution in [3.8, 4) is 0 Å². The van der Waals surface area contributed by atoms with Gasteiger partial charge < -0.3 is 9.80 Å². The summed E-state index contributed by atoms with van der Waals surface area (Å²) < 4.78 is 37.7. The van der Waals surface area contributed by atoms with Crippen LogP contribution in [0.2, 0.25) is 0 Å². The molecule has 5 nitrogen and oxygen atoms in total. The SMILES string of the molecule is CN1CCCN(C(=O)Nc2cccc(C(F)(F)F)n2)CC1. The maximum Gasteiger partial charge on any atom is 0.433 e. The quantitative estimate of drug-likeness (QED) is 0.866. The minimum Gasteiger partial charge on any atom is -0.323 e. The normalized spacial score (nSPS) is 17.4. The number of nitrogens with zero attached hydrogens (tertiary/aromatic N) is 3. The van der Waals surface area contributed by atoms with E-state index in [1.54, 1.807) is 4.90 Å². The van der Waals surface area contributed by atoms with Gasteiger partial charge in [0.1, 0.15) is 11.5 Å². The van der Waals surface area contributed by atoms with E-state index in [1.165, 1.54) is 12.1 Å². The van der Waals surface area contributed by atoms with E-state index >= 15 is 0 Å². The van der Waals surface area contributed by atoms with Gasteiger partial charge in [-0.25, -0.2) is 9.78 Å². The highest BCUT2D eigenvalue weighted by Crippen LogP contribution is 2.28. The van der Waals surface area contributed by atoms with Crippen molar-refractivity contribution in [3.05, 3.63) is 23.9 Å². The number of anilines is 1. The lowest BCUT2D eigenvalue weighted by molar-refractivity contribution is -0.141. The third-order valence-electron chi connectivity index (χ3n) is 3.28. The van der Waals surface area contributed by atoms with Crippen molar-refractivity contribution in [1.29, 1.82) is 0 Å². The number of nitrogens with one attached hydrogen (secondary N) is 1. The second kappa shape index (κ2) is 6.30. The number of carbonyl (C=O) groups excluding carboxylic acids is 1. The largest absolute Gasteiger partial charge is 0.433 e. The van der Waals surface area contributed by atoms with E-state index in [4.69, 9.17) is 0 Å². The number of likely N-dealkylation sites (N-methyl/N-ethyl adjacent to an activating group) is 1. The first-order chi connectivity index (χ1) is 9.86. The fourth-order valence-electron chi connectivity index (χ4n) is 2.10. The minimum atomic E-state index is -4.52. The zero-order valence-electron chi connectivity index (χ0n) is 11.7. The average molecular weight is 302 g/mol. The molecule has 1 aliphatic rings. The lowest BCUT2D eigenvalue weighted by Crippen LogP contribution is -2.37. The van der Waals surface area contributed by atoms with Crippen LogP contribution in [0.3, 0.4) is 0 Å². The molecule has 116 valence electrons. The molecule has 1 saturated heterocycles. The highest BCUT2D eigenvalue weighted by Gasteiger charge is 2.32. The molecule has 1 aromatic rings. The summed E-state index contributed by atoms with van der Waals surface area (Å²) in [7, 11) is 1.97. The van der Waals surface area contributed by atoms with Gasteiger partial charge in [0.15, 0.2) is 0 Å². The molecule has 1 aliphatic heterocycles. The van der Waals surface area contributed by atoms with Gasteiger partial charge in [-0.05, 0) is 32.1 Å². The van der Waals surface area contributed by atoms with Gasteiger partial charge in [-0.1, -0.05) is 6.07 Å². The van der Waals surface area contributed by atoms with E-state index in [2.05, 4.69) is 15.2 Å². The van der Waals surface area contributed by atoms with Gasteiger partial charge in [0.05, 0.1) is 0 Å². The number of halogens is 3. The lowest BCUT2D eigenvalue weighted by atomic mass is 10.3. The topological polar surface area (TPSA) is 48.5 Å². The van der Waals surface area contributed by atoms with Gasteiger partial charge in [0, 0.05) is 19.6 Å². The summed E-state index contributed by atoms with van der Waals surface area (Å²) in [6.07, 6.45) is -3.69. The van der Waals surface area contributed by atoms with Crippen LogP contribution in [0.15, 0.2) is 18.2 Å². The number of pyridine rings is 1. The van der Waals surface area contributed by atoms with Crippen LogP contribution in [0, 0.1) is 0 Å². The van der Waals surface area contributed by atoms with Gasteiger partial charge in [-0.3, -0.25) is 5.32 Å². The van der Waals surface area contributed by atoms with Crippen LogP contribution in [0.4, 0.5) is 23.8 Å². The molecule has 2 amide bonds. The van der Waals surface area contributed by atoms with Gasteiger partial charge in [0.25, 0.3) is 0 Å². The fourth-order valence-corrected chi connectivity index (χ4v) is 2.10. The van der Waals surface area contributed by atoms with E-state index in [0.29, 0.717) is 13.1 Å². The van der Waals surface area contributed by atoms with E-state index in [0.717, 1.165) is 25.6 Å². The Morgan fingerprint density at radius 3 is 2.71 bits per heavy atom. The monoisotopic (exact) mass is 302 g/mol. The van der Waals surface area contributed by atoms with Crippen LogP contribution >= 0.6 is 0 Å². The first-order valence-corrected chi connectivity index (χ1v) is 6.65. The van der Waals surface area contributed by atoms with Crippen LogP contribution in [-0.2, 0) is 6.18 Å². The number of amides is 2. The van der Waals surface area contributed by atoms with Gasteiger partial charge >= 0.3 is 12.2 Å². The first kappa shape index (κ1) is 15.6. The molecule has 1 aromatic heterocycles. The molecule has 0 saturated carbocycles. The highest BCUT2D eigenvalue weighted by atomic mass is 19.4. The van der Waals surface area contributed by atoms with Gasteiger partial charge in [0.2, 0.25) is 0 Å². The highest BCUT2D eigenvalue weighted by molar-refractivity contribution is 5.88. The van der Waals surface area contributed by atoms with Crippen LogP contribution in [-0.4, -0.2) is 54.0 Å². The Kier molecular flexibility index (Phi) is 4.66. The smallest absolute Gasteiger partial charge is 0.323 e. The third kappa shape index (κ3) is 4.32. The van der Waals surface area contributed by atoms with E-state index in [-0.39, 0.29) is 5.82 Å². The number of alkyl halides is 3. The summed E-state index contributed by atoms with van der Waals surface area (Å²) in [6.45, 7) is 2.76. The maximum absolute atomic E-state index is 12.6. The molecule has 1 N–H and O–H groups in total. The van der Waals surface area contributed by atoms with Crippen molar-refractivity contribution >= 4 is 11.8 Å². The zero-order chi connectivity index (χ0) is 15.5. The standard InChI is InChI=1S/C13H17F3N4O/c1-19-6-3-7-20(9-8-19)12(21)18-11-5-2-4-10(17-11)13(14,15)16/h2,4-5H,3,6-9H2,1H3,(H,17,18,21). The number of urea groups is 1. The number of rotatable bonds is 1. The Morgan fingerprint density at radius 1 is 1.24 bits per heavy atom. The Balaban J connectivity index is 2.02. The predicted octanol–water partition coefficient (Wildman–Crippen LogP) is 2.27. The van der Waals surface area contributed by atoms with Gasteiger partial charge in [-0.2, -0.15) is 13.2 Å². The Hall–Kier alpha value is -1.83. The molecule has 1 fully saturated rings. The van der Waals surface area contributed by atoms with Crippen molar-refractivity contribution in [3.63, 3.8) is 0 Å². The molecular weight excluding hydrogens is 285 g/mol. The van der Waals surface area contributed by atoms with Crippen LogP contribution in [0.25, 0.3) is 0 Å². The summed E-state index contributed by atoms with van der Waals surface area (Å²) in [5.41, 5.74) is -1.02. The molecule has 2 heterocycles. The maximum atomic E-state index is 12.6. The molecule has 0 spiro atoms. The molecule has 2 rings (SSSR count). The first-order valence-electron chi connectivity index (χ1n) is 6.65. The third-order valence-corrected chi connectivity index (χ3v) is 3.28. The van der Waals surface area contributed by atoms with E-state index in [9.17, 15) is 18.0 Å². The molecule has 8 heteroatoms. The summed E-state index contributed by atoms with van der Waals surface area (Å²) >= 11 is 0. The minimum absolute atomic E-state index is 0.0903. The van der Waals surface area contributed by atoms with Crippen molar-refractivity contribution in [2.75, 3.05) is 38.5 Å². The lowest BCUT2D eigenvalue weighted by Gasteiger charge is -2.21. The van der Waals surface area contributed by atoms with E-state index < -0.39 is 17.9 Å². The van der Waals surface area contributed by atoms with Crippen molar-refractivity contribution < 1.29 is 18.0 Å². The average Bonchev–Trinajstić information content (AvgIpc) is 2.63. The molecule has 0 radical (unpaired) electrons. The van der Waals surface area contributed by atoms with Gasteiger partial charge in [-0.15, -0.1) is 0 Å². The Bertz CT molecular complexity index is 506. The van der Waals surface area contributed by atoms with Crippen LogP contribution in [0.5, 0.6) is 0 Å². The molecule has 0 unspecified atom stereocenters. The van der Waals surface area contributed by atoms with E-state index in [1.807, 2.05) is 7.05 Å². The summed E-state index contributed by atoms with van der Waals surface area (Å²) in [5.74, 6) is -0.0903. The Labute approximate surface area is 120 Å². The molecule has 0 atom stereocenters. The fraction of sp³-hybridized carbons (Fsp3) is 0.538. The Morgan fingerprint density at radius 2 is 2.00 bits per heavy atom. The number of hydrogen-bond donors (Lipinski definition) is 1. The summed E-state index contributed by atoms with van der Waals surface area (Å²) in [4.78, 5) is 19.2. The summed E-state index contributed by atoms with van der Waals surface area (Å²) in [5, 5.41) is 2.42. The van der Waals surface area contributed by atoms with Crippen LogP contribution < -0.4 is 5.32 Å². The van der Waals surface area contributed by atoms with Crippen molar-refractivity contribution in [1.82, 2.24) is 14.8 Å². The number of carbonyl (C=O) groups is 1. The zero-order valence-corrected chi connectivity index (χ0v) is 11.7. The molecular formula is C13H17F3N4O. The van der Waals surface area contributed by atoms with Crippen molar-refractivity contribution in [2.24, 2.45) is 0 Å². The van der Waals surface area contributed by atoms with Crippen molar-refractivity contribution in [2.45, 2.75) is 12.6 Å². The molecule has 21 heavy (non-hydrogen) atoms. The number of aromatic nitrogens is 1. The van der Waals surface area contributed by atoms with Crippen LogP contribution in [0.1, 0.15) is 12.1 Å². The molecule has 0 bridgehead atoms.